The molecule has 0 aliphatic rings. The summed E-state index contributed by atoms with van der Waals surface area (Å²) in [5.74, 6) is 0.137. The van der Waals surface area contributed by atoms with Crippen LogP contribution in [0.3, 0.4) is 0 Å². The Morgan fingerprint density at radius 3 is 0.714 bits per heavy atom. The Labute approximate surface area is 349 Å². The maximum absolute atomic E-state index is 13.7. The van der Waals surface area contributed by atoms with E-state index in [1.54, 1.807) is 0 Å². The van der Waals surface area contributed by atoms with Crippen molar-refractivity contribution in [1.29, 1.82) is 0 Å². The fourth-order valence-electron chi connectivity index (χ4n) is 8.30. The molecule has 2 aromatic carbocycles. The highest BCUT2D eigenvalue weighted by atomic mass is 16.1. The second-order valence-electron chi connectivity index (χ2n) is 17.3. The van der Waals surface area contributed by atoms with Gasteiger partial charge in [-0.1, -0.05) is 207 Å². The molecular weight excluding hydrogens is 681 g/mol. The van der Waals surface area contributed by atoms with Crippen LogP contribution >= 0.6 is 0 Å². The van der Waals surface area contributed by atoms with Crippen LogP contribution in [0.15, 0.2) is 48.5 Å². The SMILES string of the molecule is CCCCCCCCCCN(CCCCCCCCCC)c1ccc(C(=O)c2ccc(N(CCCCCCCCCC)CCCCCCCCCC)cc2)cc1. The number of rotatable bonds is 40. The lowest BCUT2D eigenvalue weighted by Gasteiger charge is -2.26. The molecule has 0 aliphatic heterocycles. The van der Waals surface area contributed by atoms with Crippen molar-refractivity contribution in [1.82, 2.24) is 0 Å². The van der Waals surface area contributed by atoms with Crippen molar-refractivity contribution in [3.63, 3.8) is 0 Å². The summed E-state index contributed by atoms with van der Waals surface area (Å²) < 4.78 is 0. The predicted molar refractivity (Wildman–Crippen MR) is 251 cm³/mol. The van der Waals surface area contributed by atoms with Gasteiger partial charge in [0.25, 0.3) is 0 Å². The van der Waals surface area contributed by atoms with E-state index in [4.69, 9.17) is 0 Å². The highest BCUT2D eigenvalue weighted by molar-refractivity contribution is 6.09. The molecular formula is C53H92N2O. The van der Waals surface area contributed by atoms with Crippen molar-refractivity contribution in [2.45, 2.75) is 233 Å². The zero-order valence-electron chi connectivity index (χ0n) is 37.9. The predicted octanol–water partition coefficient (Wildman–Crippen LogP) is 17.1. The number of ketones is 1. The van der Waals surface area contributed by atoms with Gasteiger partial charge in [-0.2, -0.15) is 0 Å². The van der Waals surface area contributed by atoms with Gasteiger partial charge in [0.05, 0.1) is 0 Å². The Kier molecular flexibility index (Phi) is 31.9. The van der Waals surface area contributed by atoms with Crippen LogP contribution in [-0.2, 0) is 0 Å². The molecule has 2 rings (SSSR count). The molecule has 0 bridgehead atoms. The molecule has 2 aromatic rings. The van der Waals surface area contributed by atoms with Crippen LogP contribution in [0.5, 0.6) is 0 Å². The van der Waals surface area contributed by atoms with Gasteiger partial charge in [0.2, 0.25) is 0 Å². The Hall–Kier alpha value is -2.29. The van der Waals surface area contributed by atoms with Crippen molar-refractivity contribution < 1.29 is 4.79 Å². The molecule has 3 nitrogen and oxygen atoms in total. The number of nitrogens with zero attached hydrogens (tertiary/aromatic N) is 2. The first kappa shape index (κ1) is 49.9. The minimum atomic E-state index is 0.137. The molecule has 0 saturated heterocycles. The van der Waals surface area contributed by atoms with Gasteiger partial charge in [-0.15, -0.1) is 0 Å². The number of carbonyl (C=O) groups excluding carboxylic acids is 1. The van der Waals surface area contributed by atoms with E-state index in [-0.39, 0.29) is 5.78 Å². The molecule has 0 heterocycles. The Balaban J connectivity index is 1.98. The Morgan fingerprint density at radius 2 is 0.500 bits per heavy atom. The third-order valence-electron chi connectivity index (χ3n) is 12.1. The van der Waals surface area contributed by atoms with Crippen molar-refractivity contribution in [3.05, 3.63) is 59.7 Å². The van der Waals surface area contributed by atoms with E-state index in [1.807, 2.05) is 0 Å². The summed E-state index contributed by atoms with van der Waals surface area (Å²) in [5.41, 5.74) is 4.16. The standard InChI is InChI=1S/C53H92N2O/c1-5-9-13-17-21-25-29-33-45-54(46-34-30-26-22-18-14-10-6-2)51-41-37-49(38-42-51)53(56)50-39-43-52(44-40-50)55(47-35-31-27-23-19-15-11-7-3)48-36-32-28-24-20-16-12-8-4/h37-44H,5-36,45-48H2,1-4H3. The average Bonchev–Trinajstić information content (AvgIpc) is 3.23. The number of unbranched alkanes of at least 4 members (excludes halogenated alkanes) is 28. The molecule has 0 fully saturated rings. The maximum Gasteiger partial charge on any atom is 0.193 e. The number of hydrogen-bond donors (Lipinski definition) is 0. The van der Waals surface area contributed by atoms with E-state index < -0.39 is 0 Å². The van der Waals surface area contributed by atoms with Crippen LogP contribution in [-0.4, -0.2) is 32.0 Å². The quantitative estimate of drug-likeness (QED) is 0.0498. The fourth-order valence-corrected chi connectivity index (χ4v) is 8.30. The summed E-state index contributed by atoms with van der Waals surface area (Å²) in [7, 11) is 0. The molecule has 56 heavy (non-hydrogen) atoms. The molecule has 320 valence electrons. The summed E-state index contributed by atoms with van der Waals surface area (Å²) in [4.78, 5) is 18.9. The molecule has 0 unspecified atom stereocenters. The van der Waals surface area contributed by atoms with Crippen LogP contribution in [0.25, 0.3) is 0 Å². The van der Waals surface area contributed by atoms with Crippen molar-refractivity contribution in [2.24, 2.45) is 0 Å². The summed E-state index contributed by atoms with van der Waals surface area (Å²) in [5, 5.41) is 0. The van der Waals surface area contributed by atoms with Gasteiger partial charge < -0.3 is 9.80 Å². The van der Waals surface area contributed by atoms with Gasteiger partial charge in [-0.25, -0.2) is 0 Å². The molecule has 0 radical (unpaired) electrons. The van der Waals surface area contributed by atoms with E-state index >= 15 is 0 Å². The topological polar surface area (TPSA) is 23.6 Å². The van der Waals surface area contributed by atoms with Crippen molar-refractivity contribution in [2.75, 3.05) is 36.0 Å². The van der Waals surface area contributed by atoms with Gasteiger partial charge in [0, 0.05) is 48.7 Å². The first-order chi connectivity index (χ1) is 27.6. The van der Waals surface area contributed by atoms with Crippen LogP contribution in [0.2, 0.25) is 0 Å². The minimum absolute atomic E-state index is 0.137. The molecule has 3 heteroatoms. The maximum atomic E-state index is 13.7. The van der Waals surface area contributed by atoms with Gasteiger partial charge in [0.1, 0.15) is 0 Å². The molecule has 0 amide bonds. The average molecular weight is 773 g/mol. The summed E-state index contributed by atoms with van der Waals surface area (Å²) in [6.07, 6.45) is 43.3. The smallest absolute Gasteiger partial charge is 0.193 e. The molecule has 0 atom stereocenters. The lowest BCUT2D eigenvalue weighted by molar-refractivity contribution is 0.103. The van der Waals surface area contributed by atoms with Gasteiger partial charge >= 0.3 is 0 Å². The van der Waals surface area contributed by atoms with E-state index in [9.17, 15) is 4.79 Å². The second-order valence-corrected chi connectivity index (χ2v) is 17.3. The third-order valence-corrected chi connectivity index (χ3v) is 12.1. The zero-order valence-corrected chi connectivity index (χ0v) is 37.9. The van der Waals surface area contributed by atoms with Crippen LogP contribution < -0.4 is 9.80 Å². The Bertz CT molecular complexity index is 1010. The van der Waals surface area contributed by atoms with E-state index in [1.165, 1.54) is 217 Å². The zero-order chi connectivity index (χ0) is 40.2. The lowest BCUT2D eigenvalue weighted by Crippen LogP contribution is -2.26. The first-order valence-electron chi connectivity index (χ1n) is 24.9. The summed E-state index contributed by atoms with van der Waals surface area (Å²) in [6.45, 7) is 13.7. The van der Waals surface area contributed by atoms with Crippen LogP contribution in [0.1, 0.15) is 249 Å². The summed E-state index contributed by atoms with van der Waals surface area (Å²) >= 11 is 0. The molecule has 0 aromatic heterocycles. The number of carbonyl (C=O) groups is 1. The molecule has 0 N–H and O–H groups in total. The van der Waals surface area contributed by atoms with E-state index in [2.05, 4.69) is 86.0 Å². The van der Waals surface area contributed by atoms with Crippen LogP contribution in [0, 0.1) is 0 Å². The van der Waals surface area contributed by atoms with Gasteiger partial charge in [-0.3, -0.25) is 4.79 Å². The van der Waals surface area contributed by atoms with E-state index in [0.29, 0.717) is 0 Å². The fraction of sp³-hybridized carbons (Fsp3) is 0.755. The molecule has 0 spiro atoms. The second kappa shape index (κ2) is 35.8. The van der Waals surface area contributed by atoms with Crippen molar-refractivity contribution in [3.8, 4) is 0 Å². The van der Waals surface area contributed by atoms with Gasteiger partial charge in [-0.05, 0) is 74.2 Å². The monoisotopic (exact) mass is 773 g/mol. The lowest BCUT2D eigenvalue weighted by atomic mass is 10.0. The van der Waals surface area contributed by atoms with Crippen molar-refractivity contribution >= 4 is 17.2 Å². The minimum Gasteiger partial charge on any atom is -0.372 e. The summed E-state index contributed by atoms with van der Waals surface area (Å²) in [6, 6.07) is 17.2. The highest BCUT2D eigenvalue weighted by Gasteiger charge is 2.13. The molecule has 0 aliphatic carbocycles. The highest BCUT2D eigenvalue weighted by Crippen LogP contribution is 2.23. The number of anilines is 2. The third kappa shape index (κ3) is 24.5. The molecule has 0 saturated carbocycles. The Morgan fingerprint density at radius 1 is 0.304 bits per heavy atom. The largest absolute Gasteiger partial charge is 0.372 e. The normalized spacial score (nSPS) is 11.4. The first-order valence-corrected chi connectivity index (χ1v) is 24.9. The number of hydrogen-bond acceptors (Lipinski definition) is 3. The van der Waals surface area contributed by atoms with Gasteiger partial charge in [0.15, 0.2) is 5.78 Å². The van der Waals surface area contributed by atoms with Crippen LogP contribution in [0.4, 0.5) is 11.4 Å². The van der Waals surface area contributed by atoms with E-state index in [0.717, 1.165) is 37.3 Å². The number of benzene rings is 2.